The lowest BCUT2D eigenvalue weighted by Crippen LogP contribution is -1.76. The minimum absolute atomic E-state index is 0.818. The Morgan fingerprint density at radius 2 is 2.31 bits per heavy atom. The Balaban J connectivity index is 2.87. The molecule has 2 aromatic rings. The van der Waals surface area contributed by atoms with Gasteiger partial charge in [-0.25, -0.2) is 0 Å². The molecule has 13 heavy (non-hydrogen) atoms. The summed E-state index contributed by atoms with van der Waals surface area (Å²) in [5, 5.41) is 4.16. The molecule has 0 radical (unpaired) electrons. The van der Waals surface area contributed by atoms with E-state index in [1.165, 1.54) is 10.1 Å². The summed E-state index contributed by atoms with van der Waals surface area (Å²) in [7, 11) is 0. The van der Waals surface area contributed by atoms with Gasteiger partial charge in [-0.2, -0.15) is 0 Å². The molecule has 0 saturated heterocycles. The Kier molecular flexibility index (Phi) is 2.88. The van der Waals surface area contributed by atoms with E-state index in [9.17, 15) is 0 Å². The predicted octanol–water partition coefficient (Wildman–Crippen LogP) is 5.04. The smallest absolute Gasteiger partial charge is 0.0690 e. The molecule has 0 aliphatic carbocycles. The number of rotatable bonds is 1. The second-order valence-electron chi connectivity index (χ2n) is 2.54. The highest BCUT2D eigenvalue weighted by molar-refractivity contribution is 9.10. The molecule has 0 nitrogen and oxygen atoms in total. The molecule has 2 rings (SSSR count). The third kappa shape index (κ3) is 1.63. The van der Waals surface area contributed by atoms with Gasteiger partial charge in [-0.05, 0) is 39.7 Å². The van der Waals surface area contributed by atoms with Gasteiger partial charge < -0.3 is 0 Å². The third-order valence-electron chi connectivity index (χ3n) is 1.81. The maximum Gasteiger partial charge on any atom is 0.0690 e. The van der Waals surface area contributed by atoms with E-state index in [4.69, 9.17) is 11.6 Å². The summed E-state index contributed by atoms with van der Waals surface area (Å²) in [6, 6.07) is 4.19. The van der Waals surface area contributed by atoms with Gasteiger partial charge in [-0.15, -0.1) is 23.1 Å². The molecule has 0 N–H and O–H groups in total. The molecular weight excluding hydrogens is 288 g/mol. The summed E-state index contributed by atoms with van der Waals surface area (Å²) in [5.41, 5.74) is 0. The quantitative estimate of drug-likeness (QED) is 0.664. The maximum atomic E-state index is 6.17. The van der Waals surface area contributed by atoms with Crippen LogP contribution in [0.2, 0.25) is 5.02 Å². The first-order valence-corrected chi connectivity index (χ1v) is 6.90. The van der Waals surface area contributed by atoms with Crippen molar-refractivity contribution in [1.29, 1.82) is 0 Å². The lowest BCUT2D eigenvalue weighted by molar-refractivity contribution is 1.54. The average Bonchev–Trinajstić information content (AvgIpc) is 2.54. The number of hydrogen-bond acceptors (Lipinski definition) is 2. The molecular formula is C9H6BrClS2. The summed E-state index contributed by atoms with van der Waals surface area (Å²) in [6.45, 7) is 0. The van der Waals surface area contributed by atoms with Crippen molar-refractivity contribution in [2.75, 3.05) is 6.26 Å². The summed E-state index contributed by atoms with van der Waals surface area (Å²) in [5.74, 6) is 0. The van der Waals surface area contributed by atoms with Crippen molar-refractivity contribution in [3.8, 4) is 0 Å². The van der Waals surface area contributed by atoms with Crippen LogP contribution in [0, 0.1) is 0 Å². The van der Waals surface area contributed by atoms with Gasteiger partial charge in [0, 0.05) is 19.5 Å². The Hall–Kier alpha value is 0.300. The number of benzene rings is 1. The van der Waals surface area contributed by atoms with Crippen molar-refractivity contribution in [2.24, 2.45) is 0 Å². The molecule has 0 aliphatic rings. The van der Waals surface area contributed by atoms with Crippen LogP contribution in [0.5, 0.6) is 0 Å². The van der Waals surface area contributed by atoms with E-state index in [1.807, 2.05) is 6.26 Å². The molecule has 0 spiro atoms. The Morgan fingerprint density at radius 1 is 1.54 bits per heavy atom. The van der Waals surface area contributed by atoms with Crippen LogP contribution in [0.3, 0.4) is 0 Å². The fourth-order valence-electron chi connectivity index (χ4n) is 1.23. The standard InChI is InChI=1S/C9H6BrClS2/c1-12-9-5-2-3-13-7(5)4-6(10)8(9)11/h2-4H,1H3. The van der Waals surface area contributed by atoms with E-state index in [-0.39, 0.29) is 0 Å². The highest BCUT2D eigenvalue weighted by Gasteiger charge is 2.09. The predicted molar refractivity (Wildman–Crippen MR) is 66.3 cm³/mol. The SMILES string of the molecule is CSc1c(Cl)c(Br)cc2sccc12. The van der Waals surface area contributed by atoms with E-state index in [0.29, 0.717) is 0 Å². The highest BCUT2D eigenvalue weighted by atomic mass is 79.9. The second kappa shape index (κ2) is 3.81. The molecule has 1 aromatic heterocycles. The Morgan fingerprint density at radius 3 is 3.00 bits per heavy atom. The van der Waals surface area contributed by atoms with Crippen molar-refractivity contribution >= 4 is 60.7 Å². The van der Waals surface area contributed by atoms with Crippen LogP contribution in [0.15, 0.2) is 26.9 Å². The van der Waals surface area contributed by atoms with Gasteiger partial charge in [0.25, 0.3) is 0 Å². The lowest BCUT2D eigenvalue weighted by atomic mass is 10.3. The van der Waals surface area contributed by atoms with E-state index in [0.717, 1.165) is 14.4 Å². The lowest BCUT2D eigenvalue weighted by Gasteiger charge is -2.04. The fraction of sp³-hybridized carbons (Fsp3) is 0.111. The zero-order chi connectivity index (χ0) is 9.42. The molecule has 1 aromatic carbocycles. The van der Waals surface area contributed by atoms with Crippen LogP contribution in [-0.4, -0.2) is 6.26 Å². The third-order valence-corrected chi connectivity index (χ3v) is 4.87. The Bertz CT molecular complexity index is 450. The number of fused-ring (bicyclic) bond motifs is 1. The number of hydrogen-bond donors (Lipinski definition) is 0. The summed E-state index contributed by atoms with van der Waals surface area (Å²) < 4.78 is 2.26. The van der Waals surface area contributed by atoms with Crippen molar-refractivity contribution in [1.82, 2.24) is 0 Å². The van der Waals surface area contributed by atoms with Crippen molar-refractivity contribution < 1.29 is 0 Å². The Labute approximate surface area is 98.4 Å². The van der Waals surface area contributed by atoms with Gasteiger partial charge in [0.1, 0.15) is 0 Å². The van der Waals surface area contributed by atoms with Crippen molar-refractivity contribution in [2.45, 2.75) is 4.90 Å². The van der Waals surface area contributed by atoms with E-state index in [1.54, 1.807) is 23.1 Å². The number of thioether (sulfide) groups is 1. The largest absolute Gasteiger partial charge is 0.144 e. The van der Waals surface area contributed by atoms with Gasteiger partial charge in [0.05, 0.1) is 5.02 Å². The monoisotopic (exact) mass is 292 g/mol. The molecule has 0 unspecified atom stereocenters. The molecule has 0 fully saturated rings. The summed E-state index contributed by atoms with van der Waals surface area (Å²) >= 11 is 13.0. The summed E-state index contributed by atoms with van der Waals surface area (Å²) in [6.07, 6.45) is 2.05. The molecule has 0 aliphatic heterocycles. The van der Waals surface area contributed by atoms with Gasteiger partial charge >= 0.3 is 0 Å². The second-order valence-corrected chi connectivity index (χ2v) is 5.53. The van der Waals surface area contributed by atoms with E-state index in [2.05, 4.69) is 33.4 Å². The van der Waals surface area contributed by atoms with Crippen LogP contribution in [0.1, 0.15) is 0 Å². The normalized spacial score (nSPS) is 11.0. The molecule has 1 heterocycles. The minimum Gasteiger partial charge on any atom is -0.144 e. The molecule has 0 atom stereocenters. The van der Waals surface area contributed by atoms with Crippen LogP contribution >= 0.6 is 50.6 Å². The zero-order valence-corrected chi connectivity index (χ0v) is 10.8. The topological polar surface area (TPSA) is 0 Å². The molecule has 0 bridgehead atoms. The molecule has 0 saturated carbocycles. The first kappa shape index (κ1) is 9.84. The fourth-order valence-corrected chi connectivity index (χ4v) is 3.91. The molecule has 68 valence electrons. The number of thiophene rings is 1. The zero-order valence-electron chi connectivity index (χ0n) is 6.80. The van der Waals surface area contributed by atoms with E-state index < -0.39 is 0 Å². The minimum atomic E-state index is 0.818. The van der Waals surface area contributed by atoms with Crippen molar-refractivity contribution in [3.05, 3.63) is 27.0 Å². The van der Waals surface area contributed by atoms with Crippen LogP contribution in [0.4, 0.5) is 0 Å². The van der Waals surface area contributed by atoms with Gasteiger partial charge in [0.15, 0.2) is 0 Å². The van der Waals surface area contributed by atoms with Gasteiger partial charge in [0.2, 0.25) is 0 Å². The first-order chi connectivity index (χ1) is 6.24. The van der Waals surface area contributed by atoms with Crippen LogP contribution < -0.4 is 0 Å². The van der Waals surface area contributed by atoms with Crippen LogP contribution in [0.25, 0.3) is 10.1 Å². The molecule has 4 heteroatoms. The van der Waals surface area contributed by atoms with Crippen molar-refractivity contribution in [3.63, 3.8) is 0 Å². The van der Waals surface area contributed by atoms with E-state index >= 15 is 0 Å². The summed E-state index contributed by atoms with van der Waals surface area (Å²) in [4.78, 5) is 1.16. The molecule has 0 amide bonds. The van der Waals surface area contributed by atoms with Crippen LogP contribution in [-0.2, 0) is 0 Å². The van der Waals surface area contributed by atoms with Gasteiger partial charge in [-0.1, -0.05) is 11.6 Å². The number of halogens is 2. The highest BCUT2D eigenvalue weighted by Crippen LogP contribution is 2.40. The van der Waals surface area contributed by atoms with Gasteiger partial charge in [-0.3, -0.25) is 0 Å². The first-order valence-electron chi connectivity index (χ1n) is 3.63. The average molecular weight is 294 g/mol. The maximum absolute atomic E-state index is 6.17.